The van der Waals surface area contributed by atoms with E-state index in [1.165, 1.54) is 31.2 Å². The molecule has 12 heteroatoms. The zero-order valence-corrected chi connectivity index (χ0v) is 20.7. The van der Waals surface area contributed by atoms with Crippen molar-refractivity contribution in [2.45, 2.75) is 56.7 Å². The van der Waals surface area contributed by atoms with Crippen molar-refractivity contribution in [2.75, 3.05) is 13.1 Å². The molecular formula is C27H25F7N2O3. The van der Waals surface area contributed by atoms with E-state index in [0.29, 0.717) is 29.8 Å². The molecule has 3 atom stereocenters. The molecule has 2 aromatic rings. The molecule has 5 nitrogen and oxygen atoms in total. The lowest BCUT2D eigenvalue weighted by Crippen LogP contribution is -2.25. The number of hydrogen-bond donors (Lipinski definition) is 1. The van der Waals surface area contributed by atoms with Crippen LogP contribution >= 0.6 is 0 Å². The maximum Gasteiger partial charge on any atom is 0.416 e. The van der Waals surface area contributed by atoms with Crippen molar-refractivity contribution < 1.29 is 45.1 Å². The van der Waals surface area contributed by atoms with Crippen LogP contribution in [0.25, 0.3) is 0 Å². The predicted molar refractivity (Wildman–Crippen MR) is 126 cm³/mol. The molecule has 0 radical (unpaired) electrons. The minimum absolute atomic E-state index is 0.0543. The first-order chi connectivity index (χ1) is 18.1. The number of nitrogens with zero attached hydrogens (tertiary/aromatic N) is 1. The second-order valence-electron chi connectivity index (χ2n) is 9.71. The Bertz CT molecular complexity index is 1250. The van der Waals surface area contributed by atoms with Crippen molar-refractivity contribution in [3.63, 3.8) is 0 Å². The van der Waals surface area contributed by atoms with Crippen molar-refractivity contribution >= 4 is 11.7 Å². The zero-order chi connectivity index (χ0) is 28.7. The number of likely N-dealkylation sites (tertiary alicyclic amines) is 1. The van der Waals surface area contributed by atoms with E-state index in [4.69, 9.17) is 10.5 Å². The summed E-state index contributed by atoms with van der Waals surface area (Å²) in [6.45, 7) is 1.77. The van der Waals surface area contributed by atoms with Crippen molar-refractivity contribution in [1.82, 2.24) is 4.90 Å². The lowest BCUT2D eigenvalue weighted by atomic mass is 9.95. The number of Topliss-reactive ketones (excluding diaryl/α,β-unsaturated/α-hetero) is 1. The fourth-order valence-corrected chi connectivity index (χ4v) is 5.14. The van der Waals surface area contributed by atoms with Gasteiger partial charge in [0.05, 0.1) is 29.8 Å². The van der Waals surface area contributed by atoms with E-state index in [-0.39, 0.29) is 48.9 Å². The average Bonchev–Trinajstić information content (AvgIpc) is 3.41. The van der Waals surface area contributed by atoms with Crippen molar-refractivity contribution in [3.05, 3.63) is 81.8 Å². The predicted octanol–water partition coefficient (Wildman–Crippen LogP) is 5.90. The number of alkyl halides is 6. The molecule has 1 saturated heterocycles. The monoisotopic (exact) mass is 558 g/mol. The zero-order valence-electron chi connectivity index (χ0n) is 20.7. The van der Waals surface area contributed by atoms with Gasteiger partial charge in [-0.2, -0.15) is 26.3 Å². The molecule has 2 aromatic carbocycles. The minimum atomic E-state index is -5.01. The quantitative estimate of drug-likeness (QED) is 0.430. The van der Waals surface area contributed by atoms with E-state index in [0.717, 1.165) is 0 Å². The number of carbonyl (C=O) groups excluding carboxylic acids is 2. The van der Waals surface area contributed by atoms with Crippen LogP contribution in [0, 0.1) is 5.82 Å². The van der Waals surface area contributed by atoms with E-state index in [1.807, 2.05) is 4.90 Å². The smallest absolute Gasteiger partial charge is 0.371 e. The van der Waals surface area contributed by atoms with E-state index in [1.54, 1.807) is 0 Å². The number of carbonyl (C=O) groups is 2. The van der Waals surface area contributed by atoms with Crippen LogP contribution in [-0.4, -0.2) is 35.8 Å². The second-order valence-corrected chi connectivity index (χ2v) is 9.71. The van der Waals surface area contributed by atoms with Crippen LogP contribution in [0.1, 0.15) is 60.5 Å². The lowest BCUT2D eigenvalue weighted by molar-refractivity contribution is -0.143. The topological polar surface area (TPSA) is 72.6 Å². The maximum atomic E-state index is 13.6. The fraction of sp³-hybridized carbons (Fsp3) is 0.407. The average molecular weight is 558 g/mol. The van der Waals surface area contributed by atoms with Gasteiger partial charge in [-0.1, -0.05) is 12.1 Å². The second kappa shape index (κ2) is 10.6. The molecule has 39 heavy (non-hydrogen) atoms. The Morgan fingerprint density at radius 2 is 1.59 bits per heavy atom. The molecule has 1 heterocycles. The first-order valence-corrected chi connectivity index (χ1v) is 12.1. The molecule has 1 aliphatic heterocycles. The van der Waals surface area contributed by atoms with Crippen LogP contribution in [0.15, 0.2) is 53.7 Å². The number of amides is 1. The molecule has 2 aliphatic rings. The summed E-state index contributed by atoms with van der Waals surface area (Å²) in [5.41, 5.74) is 3.62. The van der Waals surface area contributed by atoms with Gasteiger partial charge in [0.25, 0.3) is 0 Å². The highest BCUT2D eigenvalue weighted by atomic mass is 19.4. The van der Waals surface area contributed by atoms with Gasteiger partial charge in [0.2, 0.25) is 5.91 Å². The largest absolute Gasteiger partial charge is 0.416 e. The summed E-state index contributed by atoms with van der Waals surface area (Å²) >= 11 is 0. The summed E-state index contributed by atoms with van der Waals surface area (Å²) in [5.74, 6) is -1.85. The molecule has 0 aromatic heterocycles. The molecule has 1 amide bonds. The molecule has 1 aliphatic carbocycles. The van der Waals surface area contributed by atoms with Crippen LogP contribution in [0.2, 0.25) is 0 Å². The van der Waals surface area contributed by atoms with Crippen molar-refractivity contribution in [1.29, 1.82) is 0 Å². The van der Waals surface area contributed by atoms with Gasteiger partial charge in [-0.15, -0.1) is 0 Å². The van der Waals surface area contributed by atoms with Crippen molar-refractivity contribution in [3.8, 4) is 0 Å². The summed E-state index contributed by atoms with van der Waals surface area (Å²) in [5, 5.41) is 0. The third-order valence-electron chi connectivity index (χ3n) is 7.03. The van der Waals surface area contributed by atoms with E-state index < -0.39 is 53.3 Å². The molecule has 1 fully saturated rings. The molecule has 0 bridgehead atoms. The van der Waals surface area contributed by atoms with Crippen LogP contribution in [0.5, 0.6) is 0 Å². The molecule has 210 valence electrons. The molecule has 0 unspecified atom stereocenters. The van der Waals surface area contributed by atoms with E-state index in [9.17, 15) is 40.3 Å². The van der Waals surface area contributed by atoms with Crippen LogP contribution in [-0.2, 0) is 26.7 Å². The number of ether oxygens (including phenoxy) is 1. The summed E-state index contributed by atoms with van der Waals surface area (Å²) in [6, 6.07) is 6.82. The number of ketones is 1. The van der Waals surface area contributed by atoms with Gasteiger partial charge in [-0.05, 0) is 54.8 Å². The van der Waals surface area contributed by atoms with Crippen LogP contribution < -0.4 is 5.73 Å². The van der Waals surface area contributed by atoms with Gasteiger partial charge < -0.3 is 15.4 Å². The maximum absolute atomic E-state index is 13.6. The van der Waals surface area contributed by atoms with Crippen molar-refractivity contribution in [2.24, 2.45) is 5.73 Å². The Morgan fingerprint density at radius 1 is 1.00 bits per heavy atom. The normalized spacial score (nSPS) is 21.1. The lowest BCUT2D eigenvalue weighted by Gasteiger charge is -2.25. The number of allylic oxidation sites excluding steroid dienone is 1. The van der Waals surface area contributed by atoms with Gasteiger partial charge in [0.15, 0.2) is 5.78 Å². The number of benzene rings is 2. The number of halogens is 7. The first kappa shape index (κ1) is 28.6. The summed E-state index contributed by atoms with van der Waals surface area (Å²) < 4.78 is 100. The minimum Gasteiger partial charge on any atom is -0.371 e. The van der Waals surface area contributed by atoms with Gasteiger partial charge in [-0.25, -0.2) is 4.39 Å². The third-order valence-corrected chi connectivity index (χ3v) is 7.03. The Hall–Kier alpha value is -3.41. The summed E-state index contributed by atoms with van der Waals surface area (Å²) in [6.07, 6.45) is -11.6. The van der Waals surface area contributed by atoms with Crippen LogP contribution in [0.3, 0.4) is 0 Å². The number of primary amides is 1. The highest BCUT2D eigenvalue weighted by Gasteiger charge is 2.41. The van der Waals surface area contributed by atoms with Gasteiger partial charge >= 0.3 is 12.4 Å². The summed E-state index contributed by atoms with van der Waals surface area (Å²) in [7, 11) is 0. The molecule has 2 N–H and O–H groups in total. The molecular weight excluding hydrogens is 533 g/mol. The number of nitrogens with two attached hydrogens (primary N) is 1. The number of hydrogen-bond acceptors (Lipinski definition) is 4. The van der Waals surface area contributed by atoms with E-state index in [2.05, 4.69) is 0 Å². The van der Waals surface area contributed by atoms with Crippen LogP contribution in [0.4, 0.5) is 30.7 Å². The van der Waals surface area contributed by atoms with Gasteiger partial charge in [0.1, 0.15) is 5.82 Å². The number of rotatable bonds is 7. The Kier molecular flexibility index (Phi) is 7.79. The fourth-order valence-electron chi connectivity index (χ4n) is 5.14. The molecule has 0 spiro atoms. The molecule has 0 saturated carbocycles. The van der Waals surface area contributed by atoms with Gasteiger partial charge in [-0.3, -0.25) is 9.59 Å². The Morgan fingerprint density at radius 3 is 2.13 bits per heavy atom. The molecule has 4 rings (SSSR count). The highest BCUT2D eigenvalue weighted by molar-refractivity contribution is 6.02. The summed E-state index contributed by atoms with van der Waals surface area (Å²) in [4.78, 5) is 25.7. The first-order valence-electron chi connectivity index (χ1n) is 12.1. The highest BCUT2D eigenvalue weighted by Crippen LogP contribution is 2.41. The third kappa shape index (κ3) is 6.43. The standard InChI is InChI=1S/C27H25F7N2O3/c1-14(16-8-17(26(29,30)31)10-18(9-16)27(32,33)34)39-24-13-36(12-21(24)15-2-4-19(28)5-3-15)22-6-7-23(37)20(22)11-25(35)38/h2-5,8-10,14,21,24H,6-7,11-13H2,1H3,(H2,35,38)/t14-,21-,24+/m1/s1. The van der Waals surface area contributed by atoms with Gasteiger partial charge in [0, 0.05) is 36.7 Å². The Balaban J connectivity index is 1.68. The Labute approximate surface area is 219 Å². The SMILES string of the molecule is C[C@@H](O[C@H]1CN(C2=C(CC(N)=O)C(=O)CC2)C[C@@H]1c1ccc(F)cc1)c1cc(C(F)(F)F)cc(C(F)(F)F)c1. The van der Waals surface area contributed by atoms with E-state index >= 15 is 0 Å².